The molecular formula is C18H17FN2O5S2. The second-order valence-corrected chi connectivity index (χ2v) is 9.18. The van der Waals surface area contributed by atoms with Gasteiger partial charge in [0.05, 0.1) is 15.5 Å². The lowest BCUT2D eigenvalue weighted by Gasteiger charge is -2.06. The fourth-order valence-corrected chi connectivity index (χ4v) is 4.10. The molecule has 0 aliphatic carbocycles. The number of benzene rings is 2. The molecule has 0 spiro atoms. The molecule has 0 saturated heterocycles. The molecule has 3 rings (SSSR count). The lowest BCUT2D eigenvalue weighted by atomic mass is 10.1. The summed E-state index contributed by atoms with van der Waals surface area (Å²) < 4.78 is 67.3. The summed E-state index contributed by atoms with van der Waals surface area (Å²) in [6.07, 6.45) is 1.70. The number of oxazole rings is 1. The van der Waals surface area contributed by atoms with Crippen molar-refractivity contribution in [2.24, 2.45) is 0 Å². The van der Waals surface area contributed by atoms with Gasteiger partial charge in [-0.15, -0.1) is 3.89 Å². The topological polar surface area (TPSA) is 106 Å². The molecule has 0 fully saturated rings. The number of sulfonamides is 1. The predicted molar refractivity (Wildman–Crippen MR) is 100 cm³/mol. The molecule has 0 radical (unpaired) electrons. The first-order valence-corrected chi connectivity index (χ1v) is 11.1. The summed E-state index contributed by atoms with van der Waals surface area (Å²) in [4.78, 5) is 3.26. The first-order valence-electron chi connectivity index (χ1n) is 8.21. The molecule has 0 aliphatic heterocycles. The van der Waals surface area contributed by atoms with Crippen molar-refractivity contribution in [2.75, 3.05) is 6.54 Å². The van der Waals surface area contributed by atoms with Crippen molar-refractivity contribution in [2.45, 2.75) is 23.1 Å². The Morgan fingerprint density at radius 1 is 1.04 bits per heavy atom. The Kier molecular flexibility index (Phi) is 5.64. The third kappa shape index (κ3) is 4.83. The maximum atomic E-state index is 13.1. The van der Waals surface area contributed by atoms with Crippen LogP contribution >= 0.6 is 0 Å². The van der Waals surface area contributed by atoms with Crippen molar-refractivity contribution < 1.29 is 25.1 Å². The van der Waals surface area contributed by atoms with Gasteiger partial charge in [0.1, 0.15) is 6.26 Å². The van der Waals surface area contributed by atoms with Crippen LogP contribution in [0.1, 0.15) is 11.3 Å². The zero-order chi connectivity index (χ0) is 20.4. The number of aromatic nitrogens is 1. The van der Waals surface area contributed by atoms with Crippen LogP contribution in [0.2, 0.25) is 0 Å². The summed E-state index contributed by atoms with van der Waals surface area (Å²) in [5.74, 6) is 0.429. The largest absolute Gasteiger partial charge is 0.444 e. The lowest BCUT2D eigenvalue weighted by Crippen LogP contribution is -2.26. The summed E-state index contributed by atoms with van der Waals surface area (Å²) in [5, 5.41) is 0. The van der Waals surface area contributed by atoms with Crippen molar-refractivity contribution in [3.8, 4) is 11.5 Å². The summed E-state index contributed by atoms with van der Waals surface area (Å²) >= 11 is 0. The highest BCUT2D eigenvalue weighted by Crippen LogP contribution is 2.20. The molecular weight excluding hydrogens is 407 g/mol. The number of halogens is 1. The fraction of sp³-hybridized carbons (Fsp3) is 0.167. The van der Waals surface area contributed by atoms with Crippen LogP contribution < -0.4 is 4.72 Å². The van der Waals surface area contributed by atoms with E-state index in [2.05, 4.69) is 9.71 Å². The predicted octanol–water partition coefficient (Wildman–Crippen LogP) is 2.83. The normalized spacial score (nSPS) is 12.2. The van der Waals surface area contributed by atoms with E-state index >= 15 is 0 Å². The molecule has 148 valence electrons. The minimum absolute atomic E-state index is 0.00874. The molecule has 0 atom stereocenters. The van der Waals surface area contributed by atoms with Crippen molar-refractivity contribution in [1.29, 1.82) is 0 Å². The van der Waals surface area contributed by atoms with Gasteiger partial charge in [-0.1, -0.05) is 23.8 Å². The molecule has 1 heterocycles. The number of hydrogen-bond donors (Lipinski definition) is 1. The summed E-state index contributed by atoms with van der Waals surface area (Å²) in [7, 11) is -8.99. The highest BCUT2D eigenvalue weighted by Gasteiger charge is 2.19. The van der Waals surface area contributed by atoms with Crippen LogP contribution in [0.5, 0.6) is 0 Å². The third-order valence-electron chi connectivity index (χ3n) is 3.92. The van der Waals surface area contributed by atoms with Gasteiger partial charge in [-0.25, -0.2) is 18.1 Å². The van der Waals surface area contributed by atoms with Gasteiger partial charge >= 0.3 is 10.2 Å². The molecule has 0 aliphatic rings. The SMILES string of the molecule is Cc1ccc(-c2nc(CCNS(=O)(=O)c3cccc(S(=O)(=O)F)c3)co2)cc1. The lowest BCUT2D eigenvalue weighted by molar-refractivity contribution is 0.551. The van der Waals surface area contributed by atoms with Gasteiger partial charge < -0.3 is 4.42 Å². The van der Waals surface area contributed by atoms with Gasteiger partial charge in [-0.3, -0.25) is 0 Å². The molecule has 2 aromatic carbocycles. The molecule has 0 saturated carbocycles. The number of hydrogen-bond acceptors (Lipinski definition) is 6. The summed E-state index contributed by atoms with van der Waals surface area (Å²) in [6, 6.07) is 11.7. The van der Waals surface area contributed by atoms with E-state index in [0.29, 0.717) is 11.6 Å². The Balaban J connectivity index is 1.65. The van der Waals surface area contributed by atoms with Crippen LogP contribution in [-0.4, -0.2) is 28.4 Å². The van der Waals surface area contributed by atoms with E-state index in [-0.39, 0.29) is 17.9 Å². The van der Waals surface area contributed by atoms with Crippen molar-refractivity contribution in [1.82, 2.24) is 9.71 Å². The third-order valence-corrected chi connectivity index (χ3v) is 6.20. The van der Waals surface area contributed by atoms with E-state index in [1.807, 2.05) is 31.2 Å². The average Bonchev–Trinajstić information content (AvgIpc) is 3.10. The van der Waals surface area contributed by atoms with E-state index in [0.717, 1.165) is 29.3 Å². The Bertz CT molecular complexity index is 1190. The minimum Gasteiger partial charge on any atom is -0.444 e. The van der Waals surface area contributed by atoms with Gasteiger partial charge in [0.2, 0.25) is 15.9 Å². The molecule has 0 unspecified atom stereocenters. The highest BCUT2D eigenvalue weighted by atomic mass is 32.3. The van der Waals surface area contributed by atoms with E-state index in [4.69, 9.17) is 4.42 Å². The highest BCUT2D eigenvalue weighted by molar-refractivity contribution is 7.89. The summed E-state index contributed by atoms with van der Waals surface area (Å²) in [6.45, 7) is 1.98. The smallest absolute Gasteiger partial charge is 0.332 e. The van der Waals surface area contributed by atoms with Gasteiger partial charge in [0.25, 0.3) is 0 Å². The maximum Gasteiger partial charge on any atom is 0.332 e. The second kappa shape index (κ2) is 7.82. The quantitative estimate of drug-likeness (QED) is 0.585. The molecule has 0 amide bonds. The molecule has 10 heteroatoms. The first-order chi connectivity index (χ1) is 13.1. The number of aryl methyl sites for hydroxylation is 1. The Morgan fingerprint density at radius 2 is 1.71 bits per heavy atom. The number of rotatable bonds is 7. The molecule has 28 heavy (non-hydrogen) atoms. The monoisotopic (exact) mass is 424 g/mol. The van der Waals surface area contributed by atoms with Gasteiger partial charge in [0, 0.05) is 18.5 Å². The van der Waals surface area contributed by atoms with Crippen molar-refractivity contribution >= 4 is 20.2 Å². The van der Waals surface area contributed by atoms with Gasteiger partial charge in [0.15, 0.2) is 0 Å². The average molecular weight is 424 g/mol. The van der Waals surface area contributed by atoms with Crippen LogP contribution in [0.3, 0.4) is 0 Å². The second-order valence-electron chi connectivity index (χ2n) is 6.07. The van der Waals surface area contributed by atoms with E-state index in [9.17, 15) is 20.7 Å². The van der Waals surface area contributed by atoms with Gasteiger partial charge in [-0.05, 0) is 37.3 Å². The number of nitrogens with one attached hydrogen (secondary N) is 1. The molecule has 7 nitrogen and oxygen atoms in total. The van der Waals surface area contributed by atoms with Gasteiger partial charge in [-0.2, -0.15) is 8.42 Å². The van der Waals surface area contributed by atoms with E-state index < -0.39 is 25.1 Å². The Morgan fingerprint density at radius 3 is 2.39 bits per heavy atom. The molecule has 1 N–H and O–H groups in total. The first kappa shape index (κ1) is 20.2. The molecule has 0 bridgehead atoms. The fourth-order valence-electron chi connectivity index (χ4n) is 2.44. The maximum absolute atomic E-state index is 13.1. The van der Waals surface area contributed by atoms with Crippen molar-refractivity contribution in [3.63, 3.8) is 0 Å². The standard InChI is InChI=1S/C18H17FN2O5S2/c1-13-5-7-14(8-6-13)18-21-15(12-26-18)9-10-20-28(24,25)17-4-2-3-16(11-17)27(19,22)23/h2-8,11-12,20H,9-10H2,1H3. The van der Waals surface area contributed by atoms with Crippen molar-refractivity contribution in [3.05, 3.63) is 66.1 Å². The zero-order valence-corrected chi connectivity index (χ0v) is 16.4. The number of nitrogens with zero attached hydrogens (tertiary/aromatic N) is 1. The Hall–Kier alpha value is -2.56. The zero-order valence-electron chi connectivity index (χ0n) is 14.8. The van der Waals surface area contributed by atoms with Crippen LogP contribution in [0.15, 0.2) is 69.0 Å². The minimum atomic E-state index is -4.99. The van der Waals surface area contributed by atoms with Crippen LogP contribution in [0.4, 0.5) is 3.89 Å². The molecule has 3 aromatic rings. The van der Waals surface area contributed by atoms with Crippen LogP contribution in [-0.2, 0) is 26.7 Å². The van der Waals surface area contributed by atoms with Crippen LogP contribution in [0, 0.1) is 6.92 Å². The summed E-state index contributed by atoms with van der Waals surface area (Å²) in [5.41, 5.74) is 2.47. The molecule has 1 aromatic heterocycles. The van der Waals surface area contributed by atoms with E-state index in [1.54, 1.807) is 0 Å². The van der Waals surface area contributed by atoms with E-state index in [1.165, 1.54) is 12.3 Å². The van der Waals surface area contributed by atoms with Crippen LogP contribution in [0.25, 0.3) is 11.5 Å². The Labute approximate surface area is 162 Å².